The minimum absolute atomic E-state index is 0.0489. The molecule has 1 saturated heterocycles. The molecule has 1 N–H and O–H groups in total. The zero-order valence-electron chi connectivity index (χ0n) is 22.6. The number of carbonyl (C=O) groups excluding carboxylic acids is 2. The predicted octanol–water partition coefficient (Wildman–Crippen LogP) is 6.03. The number of esters is 1. The summed E-state index contributed by atoms with van der Waals surface area (Å²) in [6.07, 6.45) is 6.45. The summed E-state index contributed by atoms with van der Waals surface area (Å²) in [4.78, 5) is 24.6. The van der Waals surface area contributed by atoms with Gasteiger partial charge in [0.15, 0.2) is 0 Å². The van der Waals surface area contributed by atoms with Crippen LogP contribution >= 0.6 is 0 Å². The van der Waals surface area contributed by atoms with E-state index in [1.54, 1.807) is 12.1 Å². The Labute approximate surface area is 216 Å². The molecule has 1 aliphatic heterocycles. The van der Waals surface area contributed by atoms with Gasteiger partial charge in [-0.25, -0.2) is 4.79 Å². The maximum atomic E-state index is 12.8. The van der Waals surface area contributed by atoms with E-state index in [1.165, 1.54) is 7.11 Å². The number of rotatable bonds is 9. The van der Waals surface area contributed by atoms with Gasteiger partial charge in [-0.1, -0.05) is 55.8 Å². The molecule has 0 spiro atoms. The van der Waals surface area contributed by atoms with Crippen LogP contribution in [-0.2, 0) is 14.3 Å². The van der Waals surface area contributed by atoms with Gasteiger partial charge in [0.2, 0.25) is 5.91 Å². The summed E-state index contributed by atoms with van der Waals surface area (Å²) >= 11 is 0. The average Bonchev–Trinajstić information content (AvgIpc) is 2.90. The number of nitrogens with one attached hydrogen (secondary N) is 1. The largest absolute Gasteiger partial charge is 0.489 e. The van der Waals surface area contributed by atoms with Gasteiger partial charge in [0.25, 0.3) is 0 Å². The van der Waals surface area contributed by atoms with E-state index < -0.39 is 0 Å². The highest BCUT2D eigenvalue weighted by atomic mass is 16.5. The molecule has 1 aliphatic rings. The molecular formula is C30H41NO5. The maximum absolute atomic E-state index is 12.8. The fourth-order valence-corrected chi connectivity index (χ4v) is 4.25. The standard InChI is InChI=1S/C28H35NO5.C2H6/c1-19-9-7-10-22(15-19)25(29-27(30)23-11-8-13-33-18-23)12-5-6-14-34-26-20(2)16-24(17-21(26)3)28(31)32-4;1-2/h5-7,9-10,15-17,23,25H,8,11-14,18H2,1-4H3,(H,29,30);1-2H3/b6-5+;. The van der Waals surface area contributed by atoms with Crippen molar-refractivity contribution in [1.82, 2.24) is 5.32 Å². The molecule has 0 bridgehead atoms. The van der Waals surface area contributed by atoms with Gasteiger partial charge in [-0.05, 0) is 68.9 Å². The molecule has 36 heavy (non-hydrogen) atoms. The van der Waals surface area contributed by atoms with Gasteiger partial charge >= 0.3 is 5.97 Å². The van der Waals surface area contributed by atoms with Crippen molar-refractivity contribution in [2.75, 3.05) is 26.9 Å². The molecule has 196 valence electrons. The van der Waals surface area contributed by atoms with E-state index in [-0.39, 0.29) is 23.8 Å². The van der Waals surface area contributed by atoms with Gasteiger partial charge in [-0.15, -0.1) is 0 Å². The predicted molar refractivity (Wildman–Crippen MR) is 143 cm³/mol. The van der Waals surface area contributed by atoms with Crippen molar-refractivity contribution in [3.63, 3.8) is 0 Å². The number of hydrogen-bond acceptors (Lipinski definition) is 5. The average molecular weight is 496 g/mol. The first-order chi connectivity index (χ1) is 17.4. The van der Waals surface area contributed by atoms with Crippen LogP contribution in [0, 0.1) is 26.7 Å². The molecular weight excluding hydrogens is 454 g/mol. The van der Waals surface area contributed by atoms with E-state index in [1.807, 2.05) is 45.9 Å². The third-order valence-electron chi connectivity index (χ3n) is 6.04. The summed E-state index contributed by atoms with van der Waals surface area (Å²) in [5, 5.41) is 3.22. The number of benzene rings is 2. The van der Waals surface area contributed by atoms with E-state index in [0.29, 0.717) is 25.2 Å². The topological polar surface area (TPSA) is 73.9 Å². The highest BCUT2D eigenvalue weighted by Crippen LogP contribution is 2.26. The van der Waals surface area contributed by atoms with Crippen LogP contribution in [-0.4, -0.2) is 38.8 Å². The molecule has 6 heteroatoms. The van der Waals surface area contributed by atoms with Crippen molar-refractivity contribution in [2.45, 2.75) is 59.9 Å². The summed E-state index contributed by atoms with van der Waals surface area (Å²) in [6.45, 7) is 11.5. The highest BCUT2D eigenvalue weighted by Gasteiger charge is 2.24. The van der Waals surface area contributed by atoms with E-state index in [9.17, 15) is 9.59 Å². The van der Waals surface area contributed by atoms with Gasteiger partial charge < -0.3 is 19.5 Å². The van der Waals surface area contributed by atoms with Gasteiger partial charge in [-0.2, -0.15) is 0 Å². The molecule has 1 fully saturated rings. The molecule has 1 heterocycles. The Balaban J connectivity index is 0.00000222. The van der Waals surface area contributed by atoms with Gasteiger partial charge in [0.1, 0.15) is 12.4 Å². The van der Waals surface area contributed by atoms with E-state index in [0.717, 1.165) is 47.5 Å². The van der Waals surface area contributed by atoms with E-state index in [2.05, 4.69) is 30.4 Å². The van der Waals surface area contributed by atoms with Crippen molar-refractivity contribution < 1.29 is 23.8 Å². The molecule has 3 rings (SSSR count). The van der Waals surface area contributed by atoms with Gasteiger partial charge in [0.05, 0.1) is 31.2 Å². The minimum Gasteiger partial charge on any atom is -0.489 e. The number of ether oxygens (including phenoxy) is 3. The molecule has 0 aliphatic carbocycles. The number of hydrogen-bond donors (Lipinski definition) is 1. The van der Waals surface area contributed by atoms with Gasteiger partial charge in [0, 0.05) is 6.61 Å². The highest BCUT2D eigenvalue weighted by molar-refractivity contribution is 5.90. The van der Waals surface area contributed by atoms with Crippen molar-refractivity contribution in [3.8, 4) is 5.75 Å². The number of aryl methyl sites for hydroxylation is 3. The van der Waals surface area contributed by atoms with Crippen LogP contribution in [0.15, 0.2) is 48.6 Å². The first-order valence-electron chi connectivity index (χ1n) is 12.8. The number of methoxy groups -OCH3 is 1. The lowest BCUT2D eigenvalue weighted by atomic mass is 9.98. The van der Waals surface area contributed by atoms with E-state index in [4.69, 9.17) is 14.2 Å². The first kappa shape index (κ1) is 29.1. The monoisotopic (exact) mass is 495 g/mol. The normalized spacial score (nSPS) is 16.0. The van der Waals surface area contributed by atoms with E-state index >= 15 is 0 Å². The second-order valence-electron chi connectivity index (χ2n) is 8.84. The molecule has 0 aromatic heterocycles. The molecule has 0 saturated carbocycles. The summed E-state index contributed by atoms with van der Waals surface area (Å²) in [6, 6.07) is 11.7. The van der Waals surface area contributed by atoms with Crippen LogP contribution in [0.25, 0.3) is 0 Å². The SMILES string of the molecule is CC.COC(=O)c1cc(C)c(OC/C=C/CC(NC(=O)C2CCCOC2)c2cccc(C)c2)c(C)c1. The zero-order chi connectivity index (χ0) is 26.5. The Morgan fingerprint density at radius 2 is 1.83 bits per heavy atom. The van der Waals surface area contributed by atoms with Crippen molar-refractivity contribution >= 4 is 11.9 Å². The van der Waals surface area contributed by atoms with Crippen molar-refractivity contribution in [2.24, 2.45) is 5.92 Å². The third-order valence-corrected chi connectivity index (χ3v) is 6.04. The Hall–Kier alpha value is -3.12. The Kier molecular flexibility index (Phi) is 12.2. The molecule has 1 amide bonds. The van der Waals surface area contributed by atoms with Crippen LogP contribution < -0.4 is 10.1 Å². The quantitative estimate of drug-likeness (QED) is 0.339. The molecule has 6 nitrogen and oxygen atoms in total. The van der Waals surface area contributed by atoms with Crippen LogP contribution in [0.3, 0.4) is 0 Å². The number of amides is 1. The Morgan fingerprint density at radius 1 is 1.11 bits per heavy atom. The van der Waals surface area contributed by atoms with Crippen LogP contribution in [0.2, 0.25) is 0 Å². The Bertz CT molecular complexity index is 1000. The summed E-state index contributed by atoms with van der Waals surface area (Å²) in [5.41, 5.74) is 4.52. The minimum atomic E-state index is -0.360. The summed E-state index contributed by atoms with van der Waals surface area (Å²) in [7, 11) is 1.37. The lowest BCUT2D eigenvalue weighted by Crippen LogP contribution is -2.37. The van der Waals surface area contributed by atoms with Gasteiger partial charge in [-0.3, -0.25) is 4.79 Å². The van der Waals surface area contributed by atoms with Crippen LogP contribution in [0.1, 0.15) is 71.8 Å². The maximum Gasteiger partial charge on any atom is 0.337 e. The third kappa shape index (κ3) is 8.52. The lowest BCUT2D eigenvalue weighted by Gasteiger charge is -2.25. The second-order valence-corrected chi connectivity index (χ2v) is 8.84. The van der Waals surface area contributed by atoms with Crippen LogP contribution in [0.4, 0.5) is 0 Å². The molecule has 2 atom stereocenters. The molecule has 2 aromatic carbocycles. The van der Waals surface area contributed by atoms with Crippen LogP contribution in [0.5, 0.6) is 5.75 Å². The molecule has 0 radical (unpaired) electrons. The zero-order valence-corrected chi connectivity index (χ0v) is 22.6. The fraction of sp³-hybridized carbons (Fsp3) is 0.467. The second kappa shape index (κ2) is 15.1. The Morgan fingerprint density at radius 3 is 2.44 bits per heavy atom. The van der Waals surface area contributed by atoms with Crippen molar-refractivity contribution in [1.29, 1.82) is 0 Å². The summed E-state index contributed by atoms with van der Waals surface area (Å²) in [5.74, 6) is 0.361. The number of carbonyl (C=O) groups is 2. The molecule has 2 aromatic rings. The summed E-state index contributed by atoms with van der Waals surface area (Å²) < 4.78 is 16.3. The van der Waals surface area contributed by atoms with Crippen molar-refractivity contribution in [3.05, 3.63) is 76.4 Å². The first-order valence-corrected chi connectivity index (χ1v) is 12.8. The fourth-order valence-electron chi connectivity index (χ4n) is 4.25. The smallest absolute Gasteiger partial charge is 0.337 e. The molecule has 2 unspecified atom stereocenters. The lowest BCUT2D eigenvalue weighted by molar-refractivity contribution is -0.129.